The summed E-state index contributed by atoms with van der Waals surface area (Å²) in [5, 5.41) is 12.7. The number of benzene rings is 2. The minimum absolute atomic E-state index is 0.0469. The Balaban J connectivity index is 2.22. The Hall–Kier alpha value is -2.38. The van der Waals surface area contributed by atoms with E-state index in [9.17, 15) is 18.3 Å². The summed E-state index contributed by atoms with van der Waals surface area (Å²) < 4.78 is 27.3. The Morgan fingerprint density at radius 1 is 1.11 bits per heavy atom. The SMILES string of the molecule is CCCCCNS(=O)(=O)c1ccc(NC(C)c2ccccc2)c(C(=O)O)c1. The van der Waals surface area contributed by atoms with E-state index in [1.807, 2.05) is 44.2 Å². The van der Waals surface area contributed by atoms with E-state index in [0.717, 1.165) is 24.8 Å². The fraction of sp³-hybridized carbons (Fsp3) is 0.350. The van der Waals surface area contributed by atoms with Gasteiger partial charge < -0.3 is 10.4 Å². The molecule has 6 nitrogen and oxygen atoms in total. The van der Waals surface area contributed by atoms with Gasteiger partial charge in [-0.05, 0) is 37.1 Å². The monoisotopic (exact) mass is 390 g/mol. The number of aromatic carboxylic acids is 1. The number of sulfonamides is 1. The zero-order valence-corrected chi connectivity index (χ0v) is 16.4. The van der Waals surface area contributed by atoms with Crippen LogP contribution in [0.4, 0.5) is 5.69 Å². The molecule has 2 aromatic carbocycles. The van der Waals surface area contributed by atoms with Crippen molar-refractivity contribution in [3.05, 3.63) is 59.7 Å². The number of unbranched alkanes of at least 4 members (excludes halogenated alkanes) is 2. The first kappa shape index (κ1) is 20.9. The first-order valence-corrected chi connectivity index (χ1v) is 10.5. The van der Waals surface area contributed by atoms with Crippen molar-refractivity contribution in [3.63, 3.8) is 0 Å². The van der Waals surface area contributed by atoms with Gasteiger partial charge in [-0.15, -0.1) is 0 Å². The van der Waals surface area contributed by atoms with Crippen molar-refractivity contribution in [1.82, 2.24) is 4.72 Å². The molecule has 0 aromatic heterocycles. The quantitative estimate of drug-likeness (QED) is 0.533. The number of carboxylic acid groups (broad SMARTS) is 1. The van der Waals surface area contributed by atoms with Gasteiger partial charge in [0.1, 0.15) is 0 Å². The average Bonchev–Trinajstić information content (AvgIpc) is 2.66. The number of hydrogen-bond donors (Lipinski definition) is 3. The predicted molar refractivity (Wildman–Crippen MR) is 107 cm³/mol. The van der Waals surface area contributed by atoms with Crippen LogP contribution in [-0.2, 0) is 10.0 Å². The summed E-state index contributed by atoms with van der Waals surface area (Å²) in [4.78, 5) is 11.6. The summed E-state index contributed by atoms with van der Waals surface area (Å²) in [6, 6.07) is 13.6. The van der Waals surface area contributed by atoms with Crippen molar-refractivity contribution in [2.45, 2.75) is 44.0 Å². The highest BCUT2D eigenvalue weighted by Crippen LogP contribution is 2.25. The van der Waals surface area contributed by atoms with Gasteiger partial charge >= 0.3 is 5.97 Å². The smallest absolute Gasteiger partial charge is 0.337 e. The molecule has 146 valence electrons. The first-order chi connectivity index (χ1) is 12.8. The van der Waals surface area contributed by atoms with Crippen molar-refractivity contribution in [2.24, 2.45) is 0 Å². The zero-order chi connectivity index (χ0) is 19.9. The molecule has 27 heavy (non-hydrogen) atoms. The van der Waals surface area contributed by atoms with Crippen molar-refractivity contribution in [3.8, 4) is 0 Å². The van der Waals surface area contributed by atoms with Crippen molar-refractivity contribution in [1.29, 1.82) is 0 Å². The van der Waals surface area contributed by atoms with E-state index in [-0.39, 0.29) is 16.5 Å². The first-order valence-electron chi connectivity index (χ1n) is 9.03. The normalized spacial score (nSPS) is 12.5. The fourth-order valence-corrected chi connectivity index (χ4v) is 3.82. The van der Waals surface area contributed by atoms with E-state index >= 15 is 0 Å². The molecular formula is C20H26N2O4S. The van der Waals surface area contributed by atoms with E-state index < -0.39 is 16.0 Å². The van der Waals surface area contributed by atoms with E-state index in [1.54, 1.807) is 0 Å². The Morgan fingerprint density at radius 3 is 2.44 bits per heavy atom. The van der Waals surface area contributed by atoms with Crippen LogP contribution >= 0.6 is 0 Å². The Bertz CT molecular complexity index is 867. The van der Waals surface area contributed by atoms with E-state index in [1.165, 1.54) is 18.2 Å². The minimum atomic E-state index is -3.74. The number of nitrogens with one attached hydrogen (secondary N) is 2. The second-order valence-electron chi connectivity index (χ2n) is 6.39. The van der Waals surface area contributed by atoms with Crippen LogP contribution in [0, 0.1) is 0 Å². The van der Waals surface area contributed by atoms with Gasteiger partial charge in [-0.1, -0.05) is 50.1 Å². The maximum Gasteiger partial charge on any atom is 0.337 e. The van der Waals surface area contributed by atoms with Crippen LogP contribution in [0.15, 0.2) is 53.4 Å². The number of carbonyl (C=O) groups is 1. The lowest BCUT2D eigenvalue weighted by Crippen LogP contribution is -2.25. The third kappa shape index (κ3) is 5.80. The van der Waals surface area contributed by atoms with Crippen LogP contribution < -0.4 is 10.0 Å². The maximum atomic E-state index is 12.4. The molecule has 1 unspecified atom stereocenters. The van der Waals surface area contributed by atoms with Gasteiger partial charge in [0, 0.05) is 18.3 Å². The Kier molecular flexibility index (Phi) is 7.38. The molecule has 0 aliphatic heterocycles. The minimum Gasteiger partial charge on any atom is -0.478 e. The van der Waals surface area contributed by atoms with Crippen LogP contribution in [-0.4, -0.2) is 26.0 Å². The van der Waals surface area contributed by atoms with Crippen LogP contribution in [0.5, 0.6) is 0 Å². The summed E-state index contributed by atoms with van der Waals surface area (Å²) in [5.41, 5.74) is 1.31. The van der Waals surface area contributed by atoms with Crippen LogP contribution in [0.25, 0.3) is 0 Å². The predicted octanol–water partition coefficient (Wildman–Crippen LogP) is 4.03. The summed E-state index contributed by atoms with van der Waals surface area (Å²) in [6.07, 6.45) is 2.67. The molecule has 0 heterocycles. The van der Waals surface area contributed by atoms with Crippen molar-refractivity contribution in [2.75, 3.05) is 11.9 Å². The van der Waals surface area contributed by atoms with Gasteiger partial charge in [-0.3, -0.25) is 0 Å². The summed E-state index contributed by atoms with van der Waals surface area (Å²) >= 11 is 0. The van der Waals surface area contributed by atoms with E-state index in [0.29, 0.717) is 12.2 Å². The summed E-state index contributed by atoms with van der Waals surface area (Å²) in [7, 11) is -3.74. The molecule has 0 fully saturated rings. The number of anilines is 1. The molecule has 0 aliphatic rings. The highest BCUT2D eigenvalue weighted by molar-refractivity contribution is 7.89. The third-order valence-corrected chi connectivity index (χ3v) is 5.73. The van der Waals surface area contributed by atoms with Crippen LogP contribution in [0.3, 0.4) is 0 Å². The molecule has 0 bridgehead atoms. The van der Waals surface area contributed by atoms with E-state index in [2.05, 4.69) is 10.0 Å². The fourth-order valence-electron chi connectivity index (χ4n) is 2.72. The molecule has 2 aromatic rings. The van der Waals surface area contributed by atoms with Crippen molar-refractivity contribution >= 4 is 21.7 Å². The molecule has 1 atom stereocenters. The Labute approximate surface area is 160 Å². The molecule has 3 N–H and O–H groups in total. The topological polar surface area (TPSA) is 95.5 Å². The standard InChI is InChI=1S/C20H26N2O4S/c1-3-4-8-13-21-27(25,26)17-11-12-19(18(14-17)20(23)24)22-15(2)16-9-6-5-7-10-16/h5-7,9-12,14-15,21-22H,3-4,8,13H2,1-2H3,(H,23,24). The number of carboxylic acids is 1. The zero-order valence-electron chi connectivity index (χ0n) is 15.6. The second-order valence-corrected chi connectivity index (χ2v) is 8.16. The lowest BCUT2D eigenvalue weighted by molar-refractivity contribution is 0.0697. The molecule has 0 saturated heterocycles. The second kappa shape index (κ2) is 9.53. The van der Waals surface area contributed by atoms with Gasteiger partial charge in [0.05, 0.1) is 10.5 Å². The molecule has 2 rings (SSSR count). The molecule has 7 heteroatoms. The Morgan fingerprint density at radius 2 is 1.81 bits per heavy atom. The molecular weight excluding hydrogens is 364 g/mol. The van der Waals surface area contributed by atoms with Gasteiger partial charge in [0.2, 0.25) is 10.0 Å². The molecule has 0 amide bonds. The summed E-state index contributed by atoms with van der Waals surface area (Å²) in [6.45, 7) is 4.29. The molecule has 0 radical (unpaired) electrons. The summed E-state index contributed by atoms with van der Waals surface area (Å²) in [5.74, 6) is -1.18. The third-order valence-electron chi connectivity index (χ3n) is 4.28. The van der Waals surface area contributed by atoms with Gasteiger partial charge in [-0.2, -0.15) is 0 Å². The highest BCUT2D eigenvalue weighted by Gasteiger charge is 2.19. The van der Waals surface area contributed by atoms with Crippen molar-refractivity contribution < 1.29 is 18.3 Å². The van der Waals surface area contributed by atoms with Gasteiger partial charge in [0.25, 0.3) is 0 Å². The van der Waals surface area contributed by atoms with Crippen LogP contribution in [0.1, 0.15) is 55.1 Å². The molecule has 0 spiro atoms. The highest BCUT2D eigenvalue weighted by atomic mass is 32.2. The lowest BCUT2D eigenvalue weighted by atomic mass is 10.1. The van der Waals surface area contributed by atoms with Gasteiger partial charge in [0.15, 0.2) is 0 Å². The number of hydrogen-bond acceptors (Lipinski definition) is 4. The average molecular weight is 391 g/mol. The molecule has 0 aliphatic carbocycles. The number of rotatable bonds is 10. The maximum absolute atomic E-state index is 12.4. The van der Waals surface area contributed by atoms with E-state index in [4.69, 9.17) is 0 Å². The largest absolute Gasteiger partial charge is 0.478 e. The van der Waals surface area contributed by atoms with Gasteiger partial charge in [-0.25, -0.2) is 17.9 Å². The lowest BCUT2D eigenvalue weighted by Gasteiger charge is -2.18. The van der Waals surface area contributed by atoms with Crippen LogP contribution in [0.2, 0.25) is 0 Å². The molecule has 0 saturated carbocycles.